The second kappa shape index (κ2) is 6.70. The highest BCUT2D eigenvalue weighted by molar-refractivity contribution is 5.80. The molecule has 22 heavy (non-hydrogen) atoms. The van der Waals surface area contributed by atoms with Crippen LogP contribution in [0.15, 0.2) is 30.3 Å². The van der Waals surface area contributed by atoms with Crippen LogP contribution in [0.25, 0.3) is 0 Å². The van der Waals surface area contributed by atoms with Gasteiger partial charge in [0, 0.05) is 13.0 Å². The van der Waals surface area contributed by atoms with Crippen LogP contribution in [0.5, 0.6) is 0 Å². The normalized spacial score (nSPS) is 14.6. The van der Waals surface area contributed by atoms with Crippen molar-refractivity contribution in [2.75, 3.05) is 0 Å². The molecule has 1 aliphatic heterocycles. The van der Waals surface area contributed by atoms with Crippen molar-refractivity contribution in [2.45, 2.75) is 45.6 Å². The van der Waals surface area contributed by atoms with Crippen LogP contribution in [0.2, 0.25) is 0 Å². The number of hydrogen-bond acceptors (Lipinski definition) is 4. The van der Waals surface area contributed by atoms with Gasteiger partial charge in [-0.2, -0.15) is 0 Å². The maximum Gasteiger partial charge on any atom is 0.249 e. The largest absolute Gasteiger partial charge is 0.364 e. The lowest BCUT2D eigenvalue weighted by atomic mass is 10.2. The fourth-order valence-electron chi connectivity index (χ4n) is 2.52. The number of ether oxygens (including phenoxy) is 1. The first-order valence-corrected chi connectivity index (χ1v) is 7.58. The third kappa shape index (κ3) is 3.33. The summed E-state index contributed by atoms with van der Waals surface area (Å²) in [6.45, 7) is 3.51. The quantitative estimate of drug-likeness (QED) is 0.876. The smallest absolute Gasteiger partial charge is 0.249 e. The summed E-state index contributed by atoms with van der Waals surface area (Å²) >= 11 is 0. The molecule has 1 N–H and O–H groups in total. The lowest BCUT2D eigenvalue weighted by Crippen LogP contribution is -2.34. The van der Waals surface area contributed by atoms with Crippen LogP contribution in [0.3, 0.4) is 0 Å². The molecule has 0 saturated carbocycles. The predicted octanol–water partition coefficient (Wildman–Crippen LogP) is 1.45. The van der Waals surface area contributed by atoms with Gasteiger partial charge in [-0.25, -0.2) is 0 Å². The molecular weight excluding hydrogens is 280 g/mol. The van der Waals surface area contributed by atoms with Gasteiger partial charge in [-0.3, -0.25) is 4.79 Å². The Morgan fingerprint density at radius 1 is 1.36 bits per heavy atom. The summed E-state index contributed by atoms with van der Waals surface area (Å²) in [5, 5.41) is 11.1. The van der Waals surface area contributed by atoms with Crippen molar-refractivity contribution in [3.8, 4) is 0 Å². The van der Waals surface area contributed by atoms with Crippen molar-refractivity contribution in [1.82, 2.24) is 20.1 Å². The van der Waals surface area contributed by atoms with Gasteiger partial charge >= 0.3 is 0 Å². The van der Waals surface area contributed by atoms with Crippen LogP contribution < -0.4 is 5.32 Å². The Labute approximate surface area is 129 Å². The second-order valence-corrected chi connectivity index (χ2v) is 5.44. The van der Waals surface area contributed by atoms with E-state index in [4.69, 9.17) is 4.74 Å². The Morgan fingerprint density at radius 3 is 3.00 bits per heavy atom. The summed E-state index contributed by atoms with van der Waals surface area (Å²) < 4.78 is 7.68. The zero-order chi connectivity index (χ0) is 15.4. The Morgan fingerprint density at radius 2 is 2.18 bits per heavy atom. The van der Waals surface area contributed by atoms with E-state index in [9.17, 15) is 4.79 Å². The summed E-state index contributed by atoms with van der Waals surface area (Å²) in [7, 11) is 0. The van der Waals surface area contributed by atoms with E-state index in [1.165, 1.54) is 0 Å². The van der Waals surface area contributed by atoms with Crippen molar-refractivity contribution in [3.63, 3.8) is 0 Å². The number of amides is 1. The molecule has 0 bridgehead atoms. The zero-order valence-corrected chi connectivity index (χ0v) is 12.7. The van der Waals surface area contributed by atoms with E-state index in [1.54, 1.807) is 6.92 Å². The molecular formula is C16H20N4O2. The van der Waals surface area contributed by atoms with Gasteiger partial charge in [-0.1, -0.05) is 30.3 Å². The van der Waals surface area contributed by atoms with Crippen LogP contribution >= 0.6 is 0 Å². The highest BCUT2D eigenvalue weighted by Crippen LogP contribution is 2.13. The van der Waals surface area contributed by atoms with Gasteiger partial charge in [0.25, 0.3) is 0 Å². The summed E-state index contributed by atoms with van der Waals surface area (Å²) in [6.07, 6.45) is 1.57. The Hall–Kier alpha value is -2.21. The number of fused-ring (bicyclic) bond motifs is 1. The molecule has 1 aromatic carbocycles. The molecule has 1 amide bonds. The number of carbonyl (C=O) groups excluding carboxylic acids is 1. The molecule has 1 aliphatic rings. The molecule has 0 saturated heterocycles. The lowest BCUT2D eigenvalue weighted by Gasteiger charge is -2.13. The minimum atomic E-state index is -0.499. The minimum Gasteiger partial charge on any atom is -0.364 e. The molecule has 2 heterocycles. The van der Waals surface area contributed by atoms with E-state index in [0.717, 1.165) is 36.6 Å². The monoisotopic (exact) mass is 300 g/mol. The SMILES string of the molecule is C[C@@H](OCc1ccccc1)C(=O)NCc1nnc2n1CCC2. The molecule has 1 aromatic heterocycles. The molecule has 6 nitrogen and oxygen atoms in total. The molecule has 1 atom stereocenters. The first-order valence-electron chi connectivity index (χ1n) is 7.58. The van der Waals surface area contributed by atoms with Crippen LogP contribution in [0.1, 0.15) is 30.6 Å². The van der Waals surface area contributed by atoms with Gasteiger partial charge in [0.15, 0.2) is 5.82 Å². The van der Waals surface area contributed by atoms with E-state index in [-0.39, 0.29) is 5.91 Å². The van der Waals surface area contributed by atoms with Crippen molar-refractivity contribution in [1.29, 1.82) is 0 Å². The average Bonchev–Trinajstić information content (AvgIpc) is 3.15. The van der Waals surface area contributed by atoms with Crippen LogP contribution in [-0.2, 0) is 35.6 Å². The third-order valence-corrected chi connectivity index (χ3v) is 3.82. The zero-order valence-electron chi connectivity index (χ0n) is 12.7. The Kier molecular flexibility index (Phi) is 4.48. The van der Waals surface area contributed by atoms with Crippen molar-refractivity contribution >= 4 is 5.91 Å². The second-order valence-electron chi connectivity index (χ2n) is 5.44. The van der Waals surface area contributed by atoms with E-state index in [1.807, 2.05) is 30.3 Å². The third-order valence-electron chi connectivity index (χ3n) is 3.82. The number of aromatic nitrogens is 3. The lowest BCUT2D eigenvalue weighted by molar-refractivity contribution is -0.132. The molecule has 3 rings (SSSR count). The maximum absolute atomic E-state index is 12.1. The molecule has 0 unspecified atom stereocenters. The molecule has 0 fully saturated rings. The highest BCUT2D eigenvalue weighted by Gasteiger charge is 2.19. The van der Waals surface area contributed by atoms with E-state index < -0.39 is 6.10 Å². The predicted molar refractivity (Wildman–Crippen MR) is 80.9 cm³/mol. The number of nitrogens with one attached hydrogen (secondary N) is 1. The number of nitrogens with zero attached hydrogens (tertiary/aromatic N) is 3. The van der Waals surface area contributed by atoms with Gasteiger partial charge in [0.05, 0.1) is 13.2 Å². The van der Waals surface area contributed by atoms with Crippen molar-refractivity contribution in [2.24, 2.45) is 0 Å². The number of carbonyl (C=O) groups is 1. The number of hydrogen-bond donors (Lipinski definition) is 1. The van der Waals surface area contributed by atoms with E-state index >= 15 is 0 Å². The molecule has 0 aliphatic carbocycles. The highest BCUT2D eigenvalue weighted by atomic mass is 16.5. The topological polar surface area (TPSA) is 69.0 Å². The molecule has 116 valence electrons. The van der Waals surface area contributed by atoms with Gasteiger partial charge in [0.2, 0.25) is 5.91 Å². The van der Waals surface area contributed by atoms with Crippen molar-refractivity contribution < 1.29 is 9.53 Å². The summed E-state index contributed by atoms with van der Waals surface area (Å²) in [5.41, 5.74) is 1.05. The molecule has 2 aromatic rings. The minimum absolute atomic E-state index is 0.133. The van der Waals surface area contributed by atoms with Crippen LogP contribution in [0.4, 0.5) is 0 Å². The summed E-state index contributed by atoms with van der Waals surface area (Å²) in [4.78, 5) is 12.1. The van der Waals surface area contributed by atoms with Crippen LogP contribution in [-0.4, -0.2) is 26.8 Å². The molecule has 0 spiro atoms. The number of benzene rings is 1. The maximum atomic E-state index is 12.1. The fraction of sp³-hybridized carbons (Fsp3) is 0.438. The number of rotatable bonds is 6. The number of aryl methyl sites for hydroxylation is 1. The van der Waals surface area contributed by atoms with Crippen molar-refractivity contribution in [3.05, 3.63) is 47.5 Å². The Balaban J connectivity index is 1.47. The first-order chi connectivity index (χ1) is 10.7. The molecule has 6 heteroatoms. The summed E-state index contributed by atoms with van der Waals surface area (Å²) in [6, 6.07) is 9.81. The van der Waals surface area contributed by atoms with Gasteiger partial charge in [-0.05, 0) is 18.9 Å². The Bertz CT molecular complexity index is 639. The average molecular weight is 300 g/mol. The van der Waals surface area contributed by atoms with E-state index in [0.29, 0.717) is 13.2 Å². The van der Waals surface area contributed by atoms with Crippen LogP contribution in [0, 0.1) is 0 Å². The first kappa shape index (κ1) is 14.7. The van der Waals surface area contributed by atoms with Gasteiger partial charge in [0.1, 0.15) is 11.9 Å². The standard InChI is InChI=1S/C16H20N4O2/c1-12(22-11-13-6-3-2-4-7-13)16(21)17-10-15-19-18-14-8-5-9-20(14)15/h2-4,6-7,12H,5,8-11H2,1H3,(H,17,21)/t12-/m1/s1. The summed E-state index contributed by atoms with van der Waals surface area (Å²) in [5.74, 6) is 1.69. The van der Waals surface area contributed by atoms with Gasteiger partial charge in [-0.15, -0.1) is 10.2 Å². The van der Waals surface area contributed by atoms with E-state index in [2.05, 4.69) is 20.1 Å². The van der Waals surface area contributed by atoms with Gasteiger partial charge < -0.3 is 14.6 Å². The molecule has 0 radical (unpaired) electrons. The fourth-order valence-corrected chi connectivity index (χ4v) is 2.52.